The Hall–Kier alpha value is -8.32. The van der Waals surface area contributed by atoms with Gasteiger partial charge in [0.15, 0.2) is 17.0 Å². The fourth-order valence-corrected chi connectivity index (χ4v) is 15.9. The molecule has 2 aliphatic heterocycles. The number of aryl methyl sites for hydroxylation is 1. The summed E-state index contributed by atoms with van der Waals surface area (Å²) >= 11 is 0. The molecule has 688 valence electrons. The summed E-state index contributed by atoms with van der Waals surface area (Å²) in [5, 5.41) is 33.6. The van der Waals surface area contributed by atoms with Gasteiger partial charge in [0.05, 0.1) is 136 Å². The zero-order valence-electron chi connectivity index (χ0n) is 74.1. The van der Waals surface area contributed by atoms with Gasteiger partial charge in [0, 0.05) is 50.6 Å². The van der Waals surface area contributed by atoms with E-state index in [1.54, 1.807) is 27.0 Å². The Morgan fingerprint density at radius 3 is 2.03 bits per heavy atom. The first kappa shape index (κ1) is 101. The number of allylic oxidation sites excluding steroid dienone is 6. The summed E-state index contributed by atoms with van der Waals surface area (Å²) < 4.78 is 75.5. The van der Waals surface area contributed by atoms with E-state index in [9.17, 15) is 39.0 Å². The number of nitrogens with one attached hydrogen (secondary N) is 2. The number of nitrogen functional groups attached to an aromatic ring is 2. The third-order valence-electron chi connectivity index (χ3n) is 22.9. The van der Waals surface area contributed by atoms with Crippen LogP contribution in [0.25, 0.3) is 33.4 Å². The van der Waals surface area contributed by atoms with Crippen LogP contribution in [0.5, 0.6) is 0 Å². The van der Waals surface area contributed by atoms with Gasteiger partial charge >= 0.3 is 6.09 Å². The van der Waals surface area contributed by atoms with Crippen LogP contribution in [-0.4, -0.2) is 270 Å². The molecule has 5 aromatic rings. The van der Waals surface area contributed by atoms with Crippen molar-refractivity contribution in [3.63, 3.8) is 0 Å². The van der Waals surface area contributed by atoms with Crippen LogP contribution in [-0.2, 0) is 93.8 Å². The second-order valence-electron chi connectivity index (χ2n) is 32.9. The number of aliphatic hydroxyl groups excluding tert-OH is 2. The molecule has 0 bridgehead atoms. The lowest BCUT2D eigenvalue weighted by molar-refractivity contribution is -0.147. The third kappa shape index (κ3) is 36.2. The Kier molecular flexibility index (Phi) is 46.2. The Labute approximate surface area is 730 Å². The molecule has 2 unspecified atom stereocenters. The molecule has 3 fully saturated rings. The van der Waals surface area contributed by atoms with Crippen molar-refractivity contribution in [3.05, 3.63) is 107 Å². The van der Waals surface area contributed by atoms with Crippen molar-refractivity contribution in [1.82, 2.24) is 40.3 Å². The van der Waals surface area contributed by atoms with Gasteiger partial charge in [-0.05, 0) is 181 Å². The average Bonchev–Trinajstić information content (AvgIpc) is 1.60. The molecule has 3 aromatic heterocycles. The van der Waals surface area contributed by atoms with E-state index in [0.29, 0.717) is 209 Å². The van der Waals surface area contributed by atoms with E-state index < -0.39 is 54.0 Å². The van der Waals surface area contributed by atoms with Gasteiger partial charge in [0.1, 0.15) is 53.9 Å². The monoisotopic (exact) mass is 1730 g/mol. The number of piperidine rings is 1. The van der Waals surface area contributed by atoms with Crippen LogP contribution in [0, 0.1) is 30.6 Å². The van der Waals surface area contributed by atoms with Crippen LogP contribution in [0.1, 0.15) is 167 Å². The molecule has 32 heteroatoms. The van der Waals surface area contributed by atoms with Gasteiger partial charge in [-0.2, -0.15) is 10.1 Å². The highest BCUT2D eigenvalue weighted by Gasteiger charge is 2.35. The highest BCUT2D eigenvalue weighted by atomic mass is 16.6. The van der Waals surface area contributed by atoms with Crippen molar-refractivity contribution in [3.8, 4) is 11.3 Å². The predicted molar refractivity (Wildman–Crippen MR) is 471 cm³/mol. The summed E-state index contributed by atoms with van der Waals surface area (Å²) in [5.41, 5.74) is 26.7. The van der Waals surface area contributed by atoms with Crippen molar-refractivity contribution < 1.29 is 100 Å². The molecule has 32 nitrogen and oxygen atoms in total. The molecule has 2 aromatic carbocycles. The number of aliphatic hydroxyl groups is 2. The average molecular weight is 1740 g/mol. The molecular weight excluding hydrogens is 1600 g/mol. The molecule has 3 aliphatic rings. The fraction of sp³-hybridized carbons (Fsp3) is 0.652. The van der Waals surface area contributed by atoms with E-state index in [-0.39, 0.29) is 79.9 Å². The minimum atomic E-state index is -1.60. The van der Waals surface area contributed by atoms with Crippen LogP contribution in [0.15, 0.2) is 94.7 Å². The first-order chi connectivity index (χ1) is 60.1. The maximum Gasteiger partial charge on any atom is 0.407 e. The van der Waals surface area contributed by atoms with Crippen LogP contribution in [0.2, 0.25) is 0 Å². The summed E-state index contributed by atoms with van der Waals surface area (Å²) in [6.45, 7) is 21.1. The molecule has 2 amide bonds. The first-order valence-corrected chi connectivity index (χ1v) is 44.5. The standard InChI is InChI=1S/C92H139N11O21/c1-63(17-10-8-11-18-66(4)81(112-7)58-74-20-12-13-22-80(122-74)87(109)77(105)60-102-35-14-9-15-36-102)53-67(5)85(107)88(110)86(108)68(6)54-64(2)23-29-78(121-62-104)75(93)56-69-19-16-21-73(28-26-69)123-92(111)97-34-38-114-40-42-116-44-46-118-48-50-120-52-51-119-49-47-117-45-43-115-41-39-113-37-32-82(106)96-33-31-71-55-70(25-24-65(71)3)59-103-90-83(89(94)98-61-99-90)84(101-103)72-27-30-79-76(57-72)100-91(95)124-79/h8,10-11,17-18,24-25,27,30,54-55,57,61-64,67,69,73-75,78,80-81,86,88,108,110H,9,12-16,19-23,26,28-29,31-53,56,58-60,93H2,1-7H3,(H2,95,100)(H,96,106)(H,97,111)(H2,94,98,99)/b11-8+,17-10+,66-18+,68-54+/t63-,64?,67-,69+,73+,74+,75-,78+,80?,81+,86-,88+/m1/s1. The van der Waals surface area contributed by atoms with Gasteiger partial charge in [-0.25, -0.2) is 19.4 Å². The number of hydrogen-bond acceptors (Lipinski definition) is 29. The number of aromatic nitrogens is 5. The van der Waals surface area contributed by atoms with Gasteiger partial charge < -0.3 is 99.3 Å². The summed E-state index contributed by atoms with van der Waals surface area (Å²) in [7, 11) is 1.66. The van der Waals surface area contributed by atoms with Crippen molar-refractivity contribution >= 4 is 69.8 Å². The van der Waals surface area contributed by atoms with Gasteiger partial charge in [-0.3, -0.25) is 28.9 Å². The number of fused-ring (bicyclic) bond motifs is 2. The van der Waals surface area contributed by atoms with Gasteiger partial charge in [0.25, 0.3) is 12.5 Å². The SMILES string of the molecule is CO[C@@H](C[C@@H]1CCCCC(C(=O)C(=O)CN2CCCCC2)O1)/C(C)=C/C=C/C=C/[C@@H](C)C[C@@H](C)C(=O)[C@H](O)[C@H](O)/C(C)=C/C(C)CC[C@H](OC=O)[C@H](N)C[C@H]1CCC[C@H](OC(=O)NCCOCCOCCOCCOCCOCCOCCOCCOCCC(=O)NCCc2cc(Cn3nc(-c4ccc5oc(N)nc5c4)c4c(N)ncnc43)ccc2C)CC1. The lowest BCUT2D eigenvalue weighted by atomic mass is 9.87. The number of oxazole rings is 1. The van der Waals surface area contributed by atoms with E-state index in [4.69, 9.17) is 83.6 Å². The van der Waals surface area contributed by atoms with E-state index in [1.165, 1.54) is 6.33 Å². The maximum absolute atomic E-state index is 13.5. The second-order valence-corrected chi connectivity index (χ2v) is 32.9. The number of nitrogens with two attached hydrogens (primary N) is 3. The normalized spacial score (nSPS) is 19.1. The summed E-state index contributed by atoms with van der Waals surface area (Å²) in [6, 6.07) is 11.4. The smallest absolute Gasteiger partial charge is 0.407 e. The zero-order valence-corrected chi connectivity index (χ0v) is 74.1. The van der Waals surface area contributed by atoms with Crippen LogP contribution >= 0.6 is 0 Å². The minimum Gasteiger partial charge on any atom is -0.463 e. The summed E-state index contributed by atoms with van der Waals surface area (Å²) in [5.74, 6) is -1.36. The molecule has 1 saturated carbocycles. The molecule has 0 radical (unpaired) electrons. The number of rotatable bonds is 60. The van der Waals surface area contributed by atoms with Crippen LogP contribution in [0.3, 0.4) is 0 Å². The third-order valence-corrected chi connectivity index (χ3v) is 22.9. The first-order valence-electron chi connectivity index (χ1n) is 44.5. The number of alkyl carbamates (subject to hydrolysis) is 1. The number of nitrogens with zero attached hydrogens (tertiary/aromatic N) is 6. The maximum atomic E-state index is 13.5. The van der Waals surface area contributed by atoms with Crippen LogP contribution in [0.4, 0.5) is 16.6 Å². The molecule has 124 heavy (non-hydrogen) atoms. The van der Waals surface area contributed by atoms with Crippen molar-refractivity contribution in [2.75, 3.05) is 157 Å². The van der Waals surface area contributed by atoms with Gasteiger partial charge in [0.2, 0.25) is 17.5 Å². The van der Waals surface area contributed by atoms with Gasteiger partial charge in [-0.1, -0.05) is 101 Å². The number of benzene rings is 2. The quantitative estimate of drug-likeness (QED) is 0.00475. The minimum absolute atomic E-state index is 0.00349. The van der Waals surface area contributed by atoms with E-state index >= 15 is 0 Å². The highest BCUT2D eigenvalue weighted by molar-refractivity contribution is 6.39. The Morgan fingerprint density at radius 2 is 1.35 bits per heavy atom. The summed E-state index contributed by atoms with van der Waals surface area (Å²) in [4.78, 5) is 91.8. The van der Waals surface area contributed by atoms with E-state index in [2.05, 4.69) is 48.7 Å². The van der Waals surface area contributed by atoms with E-state index in [1.807, 2.05) is 81.0 Å². The van der Waals surface area contributed by atoms with Crippen LogP contribution < -0.4 is 27.8 Å². The number of amides is 2. The van der Waals surface area contributed by atoms with E-state index in [0.717, 1.165) is 105 Å². The van der Waals surface area contributed by atoms with Crippen molar-refractivity contribution in [2.45, 2.75) is 219 Å². The Balaban J connectivity index is 0.557. The predicted octanol–water partition coefficient (Wildman–Crippen LogP) is 10.0. The molecule has 10 N–H and O–H groups in total. The topological polar surface area (TPSA) is 429 Å². The number of methoxy groups -OCH3 is 1. The molecule has 0 spiro atoms. The number of anilines is 2. The largest absolute Gasteiger partial charge is 0.463 e. The summed E-state index contributed by atoms with van der Waals surface area (Å²) in [6.07, 6.45) is 21.5. The number of hydrogen-bond donors (Lipinski definition) is 7. The lowest BCUT2D eigenvalue weighted by Crippen LogP contribution is -2.41. The molecule has 8 rings (SSSR count). The number of Topliss-reactive ketones (excluding diaryl/α,β-unsaturated/α-hetero) is 3. The number of carbonyl (C=O) groups is 6. The molecule has 1 aliphatic carbocycles. The zero-order chi connectivity index (χ0) is 88.8. The number of likely N-dealkylation sites (tertiary alicyclic amines) is 1. The molecule has 5 heterocycles. The lowest BCUT2D eigenvalue weighted by Gasteiger charge is -2.27. The number of carbonyl (C=O) groups excluding carboxylic acids is 6. The highest BCUT2D eigenvalue weighted by Crippen LogP contribution is 2.35. The van der Waals surface area contributed by atoms with Crippen molar-refractivity contribution in [2.24, 2.45) is 29.4 Å². The molecule has 12 atom stereocenters. The second kappa shape index (κ2) is 56.7. The Bertz CT molecular complexity index is 4150. The molecular formula is C92H139N11O21. The fourth-order valence-electron chi connectivity index (χ4n) is 15.9. The molecule has 2 saturated heterocycles. The number of ether oxygens (including phenoxy) is 12. The van der Waals surface area contributed by atoms with Crippen molar-refractivity contribution in [1.29, 1.82) is 0 Å². The Morgan fingerprint density at radius 1 is 0.685 bits per heavy atom. The van der Waals surface area contributed by atoms with Gasteiger partial charge in [-0.15, -0.1) is 0 Å². The number of ketones is 3.